The normalized spacial score (nSPS) is 18.2. The molecule has 0 N–H and O–H groups in total. The smallest absolute Gasteiger partial charge is 0.222 e. The number of rotatable bonds is 5. The molecule has 7 heteroatoms. The number of nitrogens with zero attached hydrogens (tertiary/aromatic N) is 5. The van der Waals surface area contributed by atoms with Crippen molar-refractivity contribution in [2.45, 2.75) is 26.2 Å². The molecule has 1 fully saturated rings. The molecule has 3 heterocycles. The number of carbonyl (C=O) groups is 1. The molecule has 134 valence electrons. The Labute approximate surface area is 148 Å². The zero-order valence-electron chi connectivity index (χ0n) is 14.9. The Bertz CT molecular complexity index is 701. The highest BCUT2D eigenvalue weighted by Crippen LogP contribution is 2.15. The van der Waals surface area contributed by atoms with Crippen LogP contribution in [0.1, 0.15) is 23.4 Å². The van der Waals surface area contributed by atoms with Crippen LogP contribution in [-0.2, 0) is 29.4 Å². The van der Waals surface area contributed by atoms with Gasteiger partial charge in [-0.05, 0) is 31.4 Å². The Morgan fingerprint density at radius 2 is 2.32 bits per heavy atom. The molecule has 1 aliphatic heterocycles. The lowest BCUT2D eigenvalue weighted by molar-refractivity contribution is -0.131. The third kappa shape index (κ3) is 4.63. The molecule has 1 atom stereocenters. The average molecular weight is 343 g/mol. The van der Waals surface area contributed by atoms with Crippen LogP contribution in [0, 0.1) is 12.8 Å². The Morgan fingerprint density at radius 1 is 1.44 bits per heavy atom. The minimum Gasteiger partial charge on any atom is -0.379 e. The molecule has 1 saturated heterocycles. The molecule has 0 radical (unpaired) electrons. The molecule has 2 aromatic heterocycles. The molecule has 7 nitrogen and oxygen atoms in total. The largest absolute Gasteiger partial charge is 0.379 e. The second kappa shape index (κ2) is 8.20. The van der Waals surface area contributed by atoms with Crippen molar-refractivity contribution in [1.82, 2.24) is 24.6 Å². The van der Waals surface area contributed by atoms with Crippen molar-refractivity contribution in [2.24, 2.45) is 13.0 Å². The Balaban J connectivity index is 1.56. The zero-order valence-corrected chi connectivity index (χ0v) is 14.9. The van der Waals surface area contributed by atoms with Crippen molar-refractivity contribution in [2.75, 3.05) is 26.3 Å². The summed E-state index contributed by atoms with van der Waals surface area (Å²) in [7, 11) is 1.92. The summed E-state index contributed by atoms with van der Waals surface area (Å²) in [5, 5.41) is 4.24. The van der Waals surface area contributed by atoms with E-state index in [9.17, 15) is 4.79 Å². The van der Waals surface area contributed by atoms with Crippen molar-refractivity contribution in [3.05, 3.63) is 41.7 Å². The van der Waals surface area contributed by atoms with E-state index in [1.165, 1.54) is 0 Å². The van der Waals surface area contributed by atoms with E-state index in [-0.39, 0.29) is 11.8 Å². The number of hydrogen-bond acceptors (Lipinski definition) is 5. The van der Waals surface area contributed by atoms with E-state index in [2.05, 4.69) is 15.1 Å². The monoisotopic (exact) mass is 343 g/mol. The minimum atomic E-state index is 0.182. The number of aryl methyl sites for hydroxylation is 2. The summed E-state index contributed by atoms with van der Waals surface area (Å²) < 4.78 is 7.54. The first-order valence-electron chi connectivity index (χ1n) is 8.71. The van der Waals surface area contributed by atoms with Crippen molar-refractivity contribution in [1.29, 1.82) is 0 Å². The number of aromatic nitrogens is 4. The second-order valence-electron chi connectivity index (χ2n) is 6.56. The molecule has 0 spiro atoms. The first-order chi connectivity index (χ1) is 12.1. The van der Waals surface area contributed by atoms with Crippen LogP contribution >= 0.6 is 0 Å². The second-order valence-corrected chi connectivity index (χ2v) is 6.56. The lowest BCUT2D eigenvalue weighted by atomic mass is 10.0. The SMILES string of the molecule is Cc1c(CCC(=O)N2CCOC[C@H](Cc3ccncn3)C2)cnn1C. The maximum absolute atomic E-state index is 12.7. The van der Waals surface area contributed by atoms with E-state index in [4.69, 9.17) is 4.74 Å². The highest BCUT2D eigenvalue weighted by molar-refractivity contribution is 5.76. The summed E-state index contributed by atoms with van der Waals surface area (Å²) in [6.45, 7) is 4.66. The molecule has 0 unspecified atom stereocenters. The Hall–Kier alpha value is -2.28. The maximum atomic E-state index is 12.7. The molecule has 0 bridgehead atoms. The average Bonchev–Trinajstić information content (AvgIpc) is 2.82. The quantitative estimate of drug-likeness (QED) is 0.815. The van der Waals surface area contributed by atoms with Gasteiger partial charge in [0.15, 0.2) is 0 Å². The van der Waals surface area contributed by atoms with E-state index < -0.39 is 0 Å². The van der Waals surface area contributed by atoms with Gasteiger partial charge in [-0.15, -0.1) is 0 Å². The predicted octanol–water partition coefficient (Wildman–Crippen LogP) is 1.17. The third-order valence-corrected chi connectivity index (χ3v) is 4.78. The summed E-state index contributed by atoms with van der Waals surface area (Å²) in [6.07, 6.45) is 7.20. The van der Waals surface area contributed by atoms with Crippen LogP contribution in [0.2, 0.25) is 0 Å². The summed E-state index contributed by atoms with van der Waals surface area (Å²) in [6, 6.07) is 1.92. The van der Waals surface area contributed by atoms with Gasteiger partial charge in [0, 0.05) is 50.1 Å². The lowest BCUT2D eigenvalue weighted by Gasteiger charge is -2.23. The van der Waals surface area contributed by atoms with Crippen LogP contribution in [0.15, 0.2) is 24.8 Å². The van der Waals surface area contributed by atoms with Crippen LogP contribution < -0.4 is 0 Å². The molecule has 0 saturated carbocycles. The first-order valence-corrected chi connectivity index (χ1v) is 8.71. The van der Waals surface area contributed by atoms with Crippen LogP contribution in [0.25, 0.3) is 0 Å². The van der Waals surface area contributed by atoms with Gasteiger partial charge in [0.1, 0.15) is 6.33 Å². The molecule has 0 aromatic carbocycles. The van der Waals surface area contributed by atoms with Gasteiger partial charge in [-0.1, -0.05) is 0 Å². The maximum Gasteiger partial charge on any atom is 0.222 e. The number of ether oxygens (including phenoxy) is 1. The van der Waals surface area contributed by atoms with Crippen LogP contribution in [0.4, 0.5) is 0 Å². The van der Waals surface area contributed by atoms with Crippen LogP contribution in [-0.4, -0.2) is 56.9 Å². The molecule has 25 heavy (non-hydrogen) atoms. The summed E-state index contributed by atoms with van der Waals surface area (Å²) in [5.41, 5.74) is 3.25. The summed E-state index contributed by atoms with van der Waals surface area (Å²) in [4.78, 5) is 22.8. The van der Waals surface area contributed by atoms with Gasteiger partial charge in [0.2, 0.25) is 5.91 Å². The molecular formula is C18H25N5O2. The molecular weight excluding hydrogens is 318 g/mol. The fraction of sp³-hybridized carbons (Fsp3) is 0.556. The zero-order chi connectivity index (χ0) is 17.6. The molecule has 1 amide bonds. The fourth-order valence-electron chi connectivity index (χ4n) is 3.15. The van der Waals surface area contributed by atoms with Crippen LogP contribution in [0.3, 0.4) is 0 Å². The van der Waals surface area contributed by atoms with Gasteiger partial charge in [0.25, 0.3) is 0 Å². The Morgan fingerprint density at radius 3 is 3.04 bits per heavy atom. The number of amides is 1. The van der Waals surface area contributed by atoms with Gasteiger partial charge >= 0.3 is 0 Å². The fourth-order valence-corrected chi connectivity index (χ4v) is 3.15. The van der Waals surface area contributed by atoms with Crippen molar-refractivity contribution < 1.29 is 9.53 Å². The van der Waals surface area contributed by atoms with E-state index in [0.717, 1.165) is 36.3 Å². The lowest BCUT2D eigenvalue weighted by Crippen LogP contribution is -2.36. The number of carbonyl (C=O) groups excluding carboxylic acids is 1. The Kier molecular flexibility index (Phi) is 5.75. The number of hydrogen-bond donors (Lipinski definition) is 0. The first kappa shape index (κ1) is 17.5. The highest BCUT2D eigenvalue weighted by Gasteiger charge is 2.23. The summed E-state index contributed by atoms with van der Waals surface area (Å²) in [5.74, 6) is 0.447. The standard InChI is InChI=1S/C18H25N5O2/c1-14-16(10-21-22(14)2)3-4-18(24)23-7-8-25-12-15(11-23)9-17-5-6-19-13-20-17/h5-6,10,13,15H,3-4,7-9,11-12H2,1-2H3/t15-/m1/s1. The predicted molar refractivity (Wildman–Crippen MR) is 92.9 cm³/mol. The van der Waals surface area contributed by atoms with E-state index in [1.807, 2.05) is 35.8 Å². The van der Waals surface area contributed by atoms with Gasteiger partial charge < -0.3 is 9.64 Å². The minimum absolute atomic E-state index is 0.182. The van der Waals surface area contributed by atoms with Crippen molar-refractivity contribution in [3.8, 4) is 0 Å². The van der Waals surface area contributed by atoms with Crippen molar-refractivity contribution in [3.63, 3.8) is 0 Å². The summed E-state index contributed by atoms with van der Waals surface area (Å²) >= 11 is 0. The van der Waals surface area contributed by atoms with Crippen LogP contribution in [0.5, 0.6) is 0 Å². The van der Waals surface area contributed by atoms with E-state index in [1.54, 1.807) is 12.5 Å². The van der Waals surface area contributed by atoms with E-state index >= 15 is 0 Å². The van der Waals surface area contributed by atoms with E-state index in [0.29, 0.717) is 26.2 Å². The molecule has 1 aliphatic rings. The van der Waals surface area contributed by atoms with Gasteiger partial charge in [-0.2, -0.15) is 5.10 Å². The third-order valence-electron chi connectivity index (χ3n) is 4.78. The topological polar surface area (TPSA) is 73.1 Å². The van der Waals surface area contributed by atoms with Gasteiger partial charge in [0.05, 0.1) is 19.4 Å². The van der Waals surface area contributed by atoms with Gasteiger partial charge in [-0.25, -0.2) is 9.97 Å². The highest BCUT2D eigenvalue weighted by atomic mass is 16.5. The molecule has 2 aromatic rings. The van der Waals surface area contributed by atoms with Crippen molar-refractivity contribution >= 4 is 5.91 Å². The molecule has 3 rings (SSSR count). The molecule has 0 aliphatic carbocycles. The van der Waals surface area contributed by atoms with Gasteiger partial charge in [-0.3, -0.25) is 9.48 Å².